The Labute approximate surface area is 85.5 Å². The van der Waals surface area contributed by atoms with Gasteiger partial charge in [-0.25, -0.2) is 0 Å². The number of rotatable bonds is 1. The van der Waals surface area contributed by atoms with E-state index in [-0.39, 0.29) is 6.10 Å². The third kappa shape index (κ3) is 4.42. The molecule has 0 aromatic carbocycles. The molecule has 1 fully saturated rings. The quantitative estimate of drug-likeness (QED) is 0.564. The molecule has 0 unspecified atom stereocenters. The van der Waals surface area contributed by atoms with E-state index in [4.69, 9.17) is 4.74 Å². The highest BCUT2D eigenvalue weighted by atomic mass is 16.5. The monoisotopic (exact) mass is 184 g/mol. The second-order valence-corrected chi connectivity index (χ2v) is 2.80. The predicted molar refractivity (Wildman–Crippen MR) is 57.1 cm³/mol. The van der Waals surface area contributed by atoms with Crippen LogP contribution in [0.2, 0.25) is 0 Å². The molecule has 0 aliphatic carbocycles. The van der Waals surface area contributed by atoms with Gasteiger partial charge >= 0.3 is 0 Å². The molecule has 0 radical (unpaired) electrons. The van der Waals surface area contributed by atoms with Gasteiger partial charge in [0.25, 0.3) is 0 Å². The Morgan fingerprint density at radius 3 is 2.79 bits per heavy atom. The molecule has 0 spiro atoms. The van der Waals surface area contributed by atoms with Crippen LogP contribution >= 0.6 is 0 Å². The molecule has 1 atom stereocenters. The van der Waals surface area contributed by atoms with Crippen LogP contribution in [0, 0.1) is 35.5 Å². The molecule has 0 aromatic rings. The highest BCUT2D eigenvalue weighted by molar-refractivity contribution is 5.37. The lowest BCUT2D eigenvalue weighted by Crippen LogP contribution is -1.98. The fourth-order valence-electron chi connectivity index (χ4n) is 1.11. The lowest BCUT2D eigenvalue weighted by atomic mass is 10.2. The van der Waals surface area contributed by atoms with Gasteiger partial charge in [0.1, 0.15) is 0 Å². The number of hydrogen-bond donors (Lipinski definition) is 0. The fraction of sp³-hybridized carbons (Fsp3) is 0.385. The van der Waals surface area contributed by atoms with E-state index in [0.717, 1.165) is 19.4 Å². The Morgan fingerprint density at radius 2 is 2.07 bits per heavy atom. The molecule has 1 heteroatoms. The Kier molecular flexibility index (Phi) is 5.12. The normalized spacial score (nSPS) is 18.8. The third-order valence-corrected chi connectivity index (χ3v) is 1.74. The van der Waals surface area contributed by atoms with Gasteiger partial charge in [-0.2, -0.15) is 0 Å². The number of hydrogen-bond acceptors (Lipinski definition) is 1. The van der Waals surface area contributed by atoms with Crippen LogP contribution in [0.5, 0.6) is 0 Å². The van der Waals surface area contributed by atoms with E-state index in [2.05, 4.69) is 35.5 Å². The van der Waals surface area contributed by atoms with Gasteiger partial charge in [0, 0.05) is 6.61 Å². The number of allylic oxidation sites excluding steroid dienone is 1. The molecular weight excluding hydrogens is 172 g/mol. The lowest BCUT2D eigenvalue weighted by molar-refractivity contribution is 0.145. The number of ether oxygens (including phenoxy) is 1. The fourth-order valence-corrected chi connectivity index (χ4v) is 1.11. The van der Waals surface area contributed by atoms with Gasteiger partial charge in [-0.15, -0.1) is 0 Å². The largest absolute Gasteiger partial charge is 0.374 e. The molecule has 1 aliphatic heterocycles. The van der Waals surface area contributed by atoms with Crippen LogP contribution in [0.15, 0.2) is 12.2 Å². The Hall–Kier alpha value is -1.62. The van der Waals surface area contributed by atoms with Crippen molar-refractivity contribution in [3.63, 3.8) is 0 Å². The molecule has 1 heterocycles. The van der Waals surface area contributed by atoms with Gasteiger partial charge in [-0.05, 0) is 55.6 Å². The zero-order chi connectivity index (χ0) is 10.1. The average molecular weight is 184 g/mol. The van der Waals surface area contributed by atoms with E-state index < -0.39 is 0 Å². The van der Waals surface area contributed by atoms with E-state index in [0.29, 0.717) is 0 Å². The van der Waals surface area contributed by atoms with E-state index in [1.54, 1.807) is 13.0 Å². The van der Waals surface area contributed by atoms with Gasteiger partial charge in [0.05, 0.1) is 6.10 Å². The maximum absolute atomic E-state index is 5.39. The van der Waals surface area contributed by atoms with E-state index >= 15 is 0 Å². The molecule has 1 saturated heterocycles. The minimum absolute atomic E-state index is 0.257. The summed E-state index contributed by atoms with van der Waals surface area (Å²) < 4.78 is 5.39. The molecule has 14 heavy (non-hydrogen) atoms. The summed E-state index contributed by atoms with van der Waals surface area (Å²) in [6.45, 7) is 2.62. The third-order valence-electron chi connectivity index (χ3n) is 1.74. The van der Waals surface area contributed by atoms with Gasteiger partial charge in [-0.1, -0.05) is 11.8 Å². The van der Waals surface area contributed by atoms with Crippen molar-refractivity contribution in [1.82, 2.24) is 0 Å². The van der Waals surface area contributed by atoms with E-state index in [1.165, 1.54) is 0 Å². The molecule has 0 bridgehead atoms. The van der Waals surface area contributed by atoms with Crippen molar-refractivity contribution in [3.05, 3.63) is 12.2 Å². The molecule has 70 valence electrons. The van der Waals surface area contributed by atoms with Crippen LogP contribution in [-0.4, -0.2) is 12.7 Å². The molecule has 0 amide bonds. The van der Waals surface area contributed by atoms with Crippen LogP contribution in [0.25, 0.3) is 0 Å². The van der Waals surface area contributed by atoms with Crippen LogP contribution in [0.4, 0.5) is 0 Å². The second kappa shape index (κ2) is 6.85. The Morgan fingerprint density at radius 1 is 1.21 bits per heavy atom. The summed E-state index contributed by atoms with van der Waals surface area (Å²) in [4.78, 5) is 0. The zero-order valence-corrected chi connectivity index (χ0v) is 8.26. The molecule has 0 saturated carbocycles. The maximum atomic E-state index is 5.39. The van der Waals surface area contributed by atoms with Gasteiger partial charge in [0.2, 0.25) is 0 Å². The molecule has 0 aromatic heterocycles. The van der Waals surface area contributed by atoms with Crippen LogP contribution < -0.4 is 0 Å². The van der Waals surface area contributed by atoms with Gasteiger partial charge in [-0.3, -0.25) is 0 Å². The zero-order valence-electron chi connectivity index (χ0n) is 8.26. The maximum Gasteiger partial charge on any atom is 0.0765 e. The summed E-state index contributed by atoms with van der Waals surface area (Å²) in [5, 5.41) is 0. The Bertz CT molecular complexity index is 365. The lowest BCUT2D eigenvalue weighted by Gasteiger charge is -1.98. The standard InChI is InChI=1S/C13H12O/c1-2-3-4-5-6-7-8-10-13-11-9-12-14-13/h8,10,13H,9,11-12H2,1H3/b10-8+/t13-/m1/s1. The summed E-state index contributed by atoms with van der Waals surface area (Å²) in [5.41, 5.74) is 0. The first-order chi connectivity index (χ1) is 6.93. The summed E-state index contributed by atoms with van der Waals surface area (Å²) in [6, 6.07) is 0. The average Bonchev–Trinajstić information content (AvgIpc) is 2.69. The van der Waals surface area contributed by atoms with E-state index in [9.17, 15) is 0 Å². The van der Waals surface area contributed by atoms with Crippen molar-refractivity contribution in [2.75, 3.05) is 6.61 Å². The topological polar surface area (TPSA) is 9.23 Å². The van der Waals surface area contributed by atoms with Gasteiger partial charge in [0.15, 0.2) is 0 Å². The van der Waals surface area contributed by atoms with E-state index in [1.807, 2.05) is 6.08 Å². The summed E-state index contributed by atoms with van der Waals surface area (Å²) in [5.74, 6) is 16.0. The van der Waals surface area contributed by atoms with Crippen molar-refractivity contribution < 1.29 is 4.74 Å². The SMILES string of the molecule is CC#CC#CC#C/C=C/[C@@H]1CCCO1. The second-order valence-electron chi connectivity index (χ2n) is 2.80. The minimum Gasteiger partial charge on any atom is -0.374 e. The Balaban J connectivity index is 2.30. The molecule has 1 rings (SSSR count). The van der Waals surface area contributed by atoms with Crippen molar-refractivity contribution in [3.8, 4) is 35.5 Å². The minimum atomic E-state index is 0.257. The molecule has 1 aliphatic rings. The first-order valence-electron chi connectivity index (χ1n) is 4.64. The molecular formula is C13H12O. The van der Waals surface area contributed by atoms with Crippen LogP contribution in [0.3, 0.4) is 0 Å². The van der Waals surface area contributed by atoms with Crippen molar-refractivity contribution in [2.45, 2.75) is 25.9 Å². The first kappa shape index (κ1) is 10.5. The highest BCUT2D eigenvalue weighted by Gasteiger charge is 2.10. The van der Waals surface area contributed by atoms with Crippen molar-refractivity contribution >= 4 is 0 Å². The first-order valence-corrected chi connectivity index (χ1v) is 4.64. The van der Waals surface area contributed by atoms with Crippen molar-refractivity contribution in [2.24, 2.45) is 0 Å². The predicted octanol–water partition coefficient (Wildman–Crippen LogP) is 1.75. The van der Waals surface area contributed by atoms with Crippen molar-refractivity contribution in [1.29, 1.82) is 0 Å². The van der Waals surface area contributed by atoms with Crippen LogP contribution in [0.1, 0.15) is 19.8 Å². The van der Waals surface area contributed by atoms with Gasteiger partial charge < -0.3 is 4.74 Å². The molecule has 1 nitrogen and oxygen atoms in total. The summed E-state index contributed by atoms with van der Waals surface area (Å²) in [7, 11) is 0. The smallest absolute Gasteiger partial charge is 0.0765 e. The summed E-state index contributed by atoms with van der Waals surface area (Å²) in [6.07, 6.45) is 6.28. The highest BCUT2D eigenvalue weighted by Crippen LogP contribution is 2.12. The van der Waals surface area contributed by atoms with Crippen LogP contribution in [-0.2, 0) is 4.74 Å². The summed E-state index contributed by atoms with van der Waals surface area (Å²) >= 11 is 0. The molecule has 0 N–H and O–H groups in total.